The number of rotatable bonds is 10. The average Bonchev–Trinajstić information content (AvgIpc) is 2.50. The van der Waals surface area contributed by atoms with Gasteiger partial charge in [0.05, 0.1) is 17.7 Å². The highest BCUT2D eigenvalue weighted by molar-refractivity contribution is 9.10. The lowest BCUT2D eigenvalue weighted by Crippen LogP contribution is -2.41. The molecule has 0 saturated carbocycles. The highest BCUT2D eigenvalue weighted by atomic mass is 79.9. The Morgan fingerprint density at radius 2 is 1.71 bits per heavy atom. The van der Waals surface area contributed by atoms with Gasteiger partial charge in [-0.05, 0) is 73.2 Å². The van der Waals surface area contributed by atoms with Gasteiger partial charge in [-0.3, -0.25) is 0 Å². The summed E-state index contributed by atoms with van der Waals surface area (Å²) >= 11 is 3.54. The van der Waals surface area contributed by atoms with Crippen molar-refractivity contribution >= 4 is 34.3 Å². The molecule has 0 aliphatic rings. The van der Waals surface area contributed by atoms with Crippen molar-refractivity contribution in [2.75, 3.05) is 19.8 Å². The molecule has 0 bridgehead atoms. The molecule has 0 fully saturated rings. The normalized spacial score (nSPS) is 11.6. The van der Waals surface area contributed by atoms with Gasteiger partial charge in [0, 0.05) is 12.1 Å². The standard InChI is InChI=1S/C21H34BrNO4.ClH/c1-8-25-17-11-15(12-23-21(6,7)14-20(3,4)5)10-16(22)19(17)27-13-18(24)26-9-2;/h10-11,23H,8-9,12-14H2,1-7H3;1H. The summed E-state index contributed by atoms with van der Waals surface area (Å²) < 4.78 is 17.0. The first kappa shape index (κ1) is 27.0. The van der Waals surface area contributed by atoms with E-state index in [-0.39, 0.29) is 30.0 Å². The number of esters is 1. The Bertz CT molecular complexity index is 630. The molecule has 0 radical (unpaired) electrons. The summed E-state index contributed by atoms with van der Waals surface area (Å²) in [5, 5.41) is 3.62. The number of halogens is 2. The third kappa shape index (κ3) is 9.99. The molecule has 1 aromatic carbocycles. The molecule has 0 amide bonds. The van der Waals surface area contributed by atoms with E-state index in [1.807, 2.05) is 19.1 Å². The molecule has 1 aromatic rings. The molecule has 0 spiro atoms. The molecule has 7 heteroatoms. The molecule has 1 rings (SSSR count). The Balaban J connectivity index is 0.00000729. The molecule has 0 heterocycles. The molecule has 0 atom stereocenters. The molecule has 0 saturated heterocycles. The summed E-state index contributed by atoms with van der Waals surface area (Å²) in [5.41, 5.74) is 1.34. The number of nitrogens with one attached hydrogen (secondary N) is 1. The van der Waals surface area contributed by atoms with Gasteiger partial charge in [-0.25, -0.2) is 4.79 Å². The van der Waals surface area contributed by atoms with E-state index in [1.165, 1.54) is 0 Å². The van der Waals surface area contributed by atoms with Crippen LogP contribution in [0.1, 0.15) is 60.5 Å². The van der Waals surface area contributed by atoms with Crippen molar-refractivity contribution in [1.29, 1.82) is 0 Å². The molecule has 5 nitrogen and oxygen atoms in total. The van der Waals surface area contributed by atoms with Crippen LogP contribution >= 0.6 is 28.3 Å². The first-order chi connectivity index (χ1) is 12.5. The van der Waals surface area contributed by atoms with Gasteiger partial charge >= 0.3 is 5.97 Å². The van der Waals surface area contributed by atoms with Gasteiger partial charge in [0.2, 0.25) is 0 Å². The Hall–Kier alpha value is -0.980. The van der Waals surface area contributed by atoms with Gasteiger partial charge in [0.1, 0.15) is 0 Å². The zero-order valence-corrected chi connectivity index (χ0v) is 20.5. The van der Waals surface area contributed by atoms with Gasteiger partial charge in [-0.2, -0.15) is 0 Å². The molecular formula is C21H35BrClNO4. The smallest absolute Gasteiger partial charge is 0.344 e. The van der Waals surface area contributed by atoms with Crippen molar-refractivity contribution in [1.82, 2.24) is 5.32 Å². The van der Waals surface area contributed by atoms with Crippen LogP contribution in [0.3, 0.4) is 0 Å². The van der Waals surface area contributed by atoms with Crippen LogP contribution in [0.2, 0.25) is 0 Å². The first-order valence-electron chi connectivity index (χ1n) is 9.46. The number of ether oxygens (including phenoxy) is 3. The second-order valence-corrected chi connectivity index (χ2v) is 9.26. The van der Waals surface area contributed by atoms with Gasteiger partial charge < -0.3 is 19.5 Å². The van der Waals surface area contributed by atoms with Crippen LogP contribution in [0.15, 0.2) is 16.6 Å². The van der Waals surface area contributed by atoms with Crippen molar-refractivity contribution in [3.8, 4) is 11.5 Å². The average molecular weight is 481 g/mol. The van der Waals surface area contributed by atoms with E-state index < -0.39 is 5.97 Å². The SMILES string of the molecule is CCOC(=O)COc1c(Br)cc(CNC(C)(C)CC(C)(C)C)cc1OCC.Cl. The predicted molar refractivity (Wildman–Crippen MR) is 120 cm³/mol. The van der Waals surface area contributed by atoms with Crippen LogP contribution in [0, 0.1) is 5.41 Å². The van der Waals surface area contributed by atoms with Gasteiger partial charge in [0.15, 0.2) is 18.1 Å². The van der Waals surface area contributed by atoms with E-state index in [1.54, 1.807) is 6.92 Å². The summed E-state index contributed by atoms with van der Waals surface area (Å²) in [6, 6.07) is 3.94. The lowest BCUT2D eigenvalue weighted by Gasteiger charge is -2.33. The second kappa shape index (κ2) is 11.9. The minimum absolute atomic E-state index is 0. The Morgan fingerprint density at radius 1 is 1.07 bits per heavy atom. The second-order valence-electron chi connectivity index (χ2n) is 8.41. The fourth-order valence-corrected chi connectivity index (χ4v) is 3.79. The fourth-order valence-electron chi connectivity index (χ4n) is 3.19. The quantitative estimate of drug-likeness (QED) is 0.447. The zero-order chi connectivity index (χ0) is 20.7. The molecule has 0 aliphatic carbocycles. The zero-order valence-electron chi connectivity index (χ0n) is 18.1. The molecule has 1 N–H and O–H groups in total. The summed E-state index contributed by atoms with van der Waals surface area (Å²) in [7, 11) is 0. The van der Waals surface area contributed by atoms with Crippen LogP contribution < -0.4 is 14.8 Å². The van der Waals surface area contributed by atoms with E-state index in [0.29, 0.717) is 31.3 Å². The number of carbonyl (C=O) groups is 1. The molecule has 0 unspecified atom stereocenters. The van der Waals surface area contributed by atoms with E-state index in [4.69, 9.17) is 14.2 Å². The van der Waals surface area contributed by atoms with Gasteiger partial charge in [0.25, 0.3) is 0 Å². The van der Waals surface area contributed by atoms with Crippen LogP contribution in [-0.4, -0.2) is 31.3 Å². The summed E-state index contributed by atoms with van der Waals surface area (Å²) in [6.07, 6.45) is 1.06. The maximum Gasteiger partial charge on any atom is 0.344 e. The maximum atomic E-state index is 11.6. The van der Waals surface area contributed by atoms with E-state index in [2.05, 4.69) is 55.9 Å². The Labute approximate surface area is 184 Å². The fraction of sp³-hybridized carbons (Fsp3) is 0.667. The minimum Gasteiger partial charge on any atom is -0.490 e. The maximum absolute atomic E-state index is 11.6. The lowest BCUT2D eigenvalue weighted by molar-refractivity contribution is -0.145. The van der Waals surface area contributed by atoms with E-state index >= 15 is 0 Å². The summed E-state index contributed by atoms with van der Waals surface area (Å²) in [5.74, 6) is 0.728. The third-order valence-electron chi connectivity index (χ3n) is 3.75. The summed E-state index contributed by atoms with van der Waals surface area (Å²) in [6.45, 7) is 16.2. The number of benzene rings is 1. The largest absolute Gasteiger partial charge is 0.490 e. The highest BCUT2D eigenvalue weighted by Crippen LogP contribution is 2.37. The summed E-state index contributed by atoms with van der Waals surface area (Å²) in [4.78, 5) is 11.6. The number of carbonyl (C=O) groups excluding carboxylic acids is 1. The number of hydrogen-bond acceptors (Lipinski definition) is 5. The highest BCUT2D eigenvalue weighted by Gasteiger charge is 2.25. The van der Waals surface area contributed by atoms with Crippen molar-refractivity contribution in [2.24, 2.45) is 5.41 Å². The molecule has 0 aromatic heterocycles. The van der Waals surface area contributed by atoms with Crippen molar-refractivity contribution in [3.63, 3.8) is 0 Å². The van der Waals surface area contributed by atoms with Gasteiger partial charge in [-0.1, -0.05) is 20.8 Å². The van der Waals surface area contributed by atoms with Crippen LogP contribution in [0.4, 0.5) is 0 Å². The minimum atomic E-state index is -0.401. The monoisotopic (exact) mass is 479 g/mol. The predicted octanol–water partition coefficient (Wildman–Crippen LogP) is 5.52. The molecule has 0 aliphatic heterocycles. The van der Waals surface area contributed by atoms with Gasteiger partial charge in [-0.15, -0.1) is 12.4 Å². The van der Waals surface area contributed by atoms with Crippen LogP contribution in [0.25, 0.3) is 0 Å². The lowest BCUT2D eigenvalue weighted by atomic mass is 9.82. The first-order valence-corrected chi connectivity index (χ1v) is 10.3. The van der Waals surface area contributed by atoms with Crippen LogP contribution in [0.5, 0.6) is 11.5 Å². The molecular weight excluding hydrogens is 446 g/mol. The van der Waals surface area contributed by atoms with Crippen molar-refractivity contribution in [2.45, 2.75) is 67.0 Å². The van der Waals surface area contributed by atoms with Crippen molar-refractivity contribution < 1.29 is 19.0 Å². The van der Waals surface area contributed by atoms with Crippen molar-refractivity contribution in [3.05, 3.63) is 22.2 Å². The number of hydrogen-bond donors (Lipinski definition) is 1. The van der Waals surface area contributed by atoms with E-state index in [9.17, 15) is 4.79 Å². The third-order valence-corrected chi connectivity index (χ3v) is 4.34. The molecule has 162 valence electrons. The van der Waals surface area contributed by atoms with Crippen LogP contribution in [-0.2, 0) is 16.1 Å². The Morgan fingerprint density at radius 3 is 2.25 bits per heavy atom. The Kier molecular flexibility index (Phi) is 11.5. The van der Waals surface area contributed by atoms with E-state index in [0.717, 1.165) is 16.5 Å². The molecule has 28 heavy (non-hydrogen) atoms. The topological polar surface area (TPSA) is 56.8 Å².